The van der Waals surface area contributed by atoms with E-state index in [2.05, 4.69) is 15.9 Å². The molecule has 1 aromatic carbocycles. The number of alkyl halides is 5. The van der Waals surface area contributed by atoms with Crippen molar-refractivity contribution in [1.29, 1.82) is 0 Å². The van der Waals surface area contributed by atoms with Crippen molar-refractivity contribution in [2.75, 3.05) is 0 Å². The summed E-state index contributed by atoms with van der Waals surface area (Å²) in [5, 5.41) is 0. The molecule has 2 rings (SSSR count). The predicted molar refractivity (Wildman–Crippen MR) is 65.9 cm³/mol. The molecular formula is C11H6BrCl2F3O. The number of aldehydes is 1. The number of carbonyl (C=O) groups is 1. The average Bonchev–Trinajstić information content (AvgIpc) is 2.78. The molecule has 7 heteroatoms. The van der Waals surface area contributed by atoms with Gasteiger partial charge in [-0.3, -0.25) is 0 Å². The molecule has 0 aromatic heterocycles. The minimum absolute atomic E-state index is 0.271. The summed E-state index contributed by atoms with van der Waals surface area (Å²) in [4.78, 5) is 10.7. The Labute approximate surface area is 119 Å². The second-order valence-corrected chi connectivity index (χ2v) is 6.45. The Morgan fingerprint density at radius 1 is 1.28 bits per heavy atom. The van der Waals surface area contributed by atoms with E-state index >= 15 is 0 Å². The van der Waals surface area contributed by atoms with Gasteiger partial charge in [-0.1, -0.05) is 15.9 Å². The SMILES string of the molecule is O=CC1C(c2cc(Br)cc(C(F)(F)F)c2)C1(Cl)Cl. The molecule has 1 aliphatic carbocycles. The summed E-state index contributed by atoms with van der Waals surface area (Å²) in [6, 6.07) is 3.42. The van der Waals surface area contributed by atoms with Gasteiger partial charge >= 0.3 is 6.18 Å². The Morgan fingerprint density at radius 2 is 1.89 bits per heavy atom. The summed E-state index contributed by atoms with van der Waals surface area (Å²) in [6.07, 6.45) is -3.88. The van der Waals surface area contributed by atoms with E-state index in [0.717, 1.165) is 12.1 Å². The molecule has 0 bridgehead atoms. The maximum absolute atomic E-state index is 12.6. The number of carbonyl (C=O) groups excluding carboxylic acids is 1. The zero-order chi connectivity index (χ0) is 13.7. The van der Waals surface area contributed by atoms with Crippen LogP contribution in [0, 0.1) is 5.92 Å². The van der Waals surface area contributed by atoms with Crippen LogP contribution in [0.4, 0.5) is 13.2 Å². The molecule has 98 valence electrons. The molecule has 1 nitrogen and oxygen atoms in total. The van der Waals surface area contributed by atoms with E-state index in [9.17, 15) is 18.0 Å². The van der Waals surface area contributed by atoms with Gasteiger partial charge in [0.15, 0.2) is 0 Å². The summed E-state index contributed by atoms with van der Waals surface area (Å²) >= 11 is 14.7. The Balaban J connectivity index is 2.42. The maximum atomic E-state index is 12.6. The van der Waals surface area contributed by atoms with Crippen molar-refractivity contribution >= 4 is 45.4 Å². The Kier molecular flexibility index (Phi) is 3.45. The van der Waals surface area contributed by atoms with Gasteiger partial charge in [-0.15, -0.1) is 23.2 Å². The highest BCUT2D eigenvalue weighted by atomic mass is 79.9. The van der Waals surface area contributed by atoms with Gasteiger partial charge in [0.1, 0.15) is 10.6 Å². The van der Waals surface area contributed by atoms with Crippen LogP contribution in [0.1, 0.15) is 17.0 Å². The first-order valence-electron chi connectivity index (χ1n) is 4.88. The van der Waals surface area contributed by atoms with Crippen molar-refractivity contribution in [2.45, 2.75) is 16.4 Å². The largest absolute Gasteiger partial charge is 0.416 e. The summed E-state index contributed by atoms with van der Waals surface area (Å²) < 4.78 is 36.9. The molecule has 1 aromatic rings. The lowest BCUT2D eigenvalue weighted by atomic mass is 10.1. The van der Waals surface area contributed by atoms with Gasteiger partial charge in [-0.05, 0) is 23.8 Å². The van der Waals surface area contributed by atoms with E-state index in [1.807, 2.05) is 0 Å². The fourth-order valence-corrected chi connectivity index (χ4v) is 3.17. The quantitative estimate of drug-likeness (QED) is 0.557. The van der Waals surface area contributed by atoms with E-state index in [-0.39, 0.29) is 4.47 Å². The van der Waals surface area contributed by atoms with Gasteiger partial charge in [-0.25, -0.2) is 0 Å². The Hall–Kier alpha value is -0.260. The van der Waals surface area contributed by atoms with Crippen molar-refractivity contribution in [3.05, 3.63) is 33.8 Å². The van der Waals surface area contributed by atoms with E-state index in [0.29, 0.717) is 11.8 Å². The second kappa shape index (κ2) is 4.39. The third kappa shape index (κ3) is 2.40. The Morgan fingerprint density at radius 3 is 2.33 bits per heavy atom. The van der Waals surface area contributed by atoms with E-state index in [4.69, 9.17) is 23.2 Å². The third-order valence-electron chi connectivity index (χ3n) is 2.86. The standard InChI is InChI=1S/C11H6BrCl2F3O/c12-7-2-5(1-6(3-7)11(15,16)17)9-8(4-18)10(9,13)14/h1-4,8-9H. The van der Waals surface area contributed by atoms with Gasteiger partial charge < -0.3 is 4.79 Å². The molecule has 2 unspecified atom stereocenters. The predicted octanol–water partition coefficient (Wildman–Crippen LogP) is 4.55. The van der Waals surface area contributed by atoms with Gasteiger partial charge in [0.05, 0.1) is 11.5 Å². The fraction of sp³-hybridized carbons (Fsp3) is 0.364. The highest BCUT2D eigenvalue weighted by molar-refractivity contribution is 9.10. The minimum Gasteiger partial charge on any atom is -0.303 e. The van der Waals surface area contributed by atoms with Crippen LogP contribution in [-0.4, -0.2) is 10.6 Å². The lowest BCUT2D eigenvalue weighted by Gasteiger charge is -2.10. The summed E-state index contributed by atoms with van der Waals surface area (Å²) in [7, 11) is 0. The molecule has 1 fully saturated rings. The number of hydrogen-bond acceptors (Lipinski definition) is 1. The molecule has 0 radical (unpaired) electrons. The van der Waals surface area contributed by atoms with Crippen molar-refractivity contribution in [2.24, 2.45) is 5.92 Å². The smallest absolute Gasteiger partial charge is 0.303 e. The zero-order valence-corrected chi connectivity index (χ0v) is 11.7. The molecule has 0 amide bonds. The van der Waals surface area contributed by atoms with Crippen LogP contribution < -0.4 is 0 Å². The molecule has 0 spiro atoms. The monoisotopic (exact) mass is 360 g/mol. The normalized spacial score (nSPS) is 25.9. The second-order valence-electron chi connectivity index (χ2n) is 4.09. The van der Waals surface area contributed by atoms with Gasteiger partial charge in [0.25, 0.3) is 0 Å². The van der Waals surface area contributed by atoms with E-state index < -0.39 is 27.9 Å². The molecule has 1 saturated carbocycles. The maximum Gasteiger partial charge on any atom is 0.416 e. The highest BCUT2D eigenvalue weighted by Gasteiger charge is 2.64. The number of hydrogen-bond donors (Lipinski definition) is 0. The van der Waals surface area contributed by atoms with Crippen LogP contribution >= 0.6 is 39.1 Å². The van der Waals surface area contributed by atoms with E-state index in [1.54, 1.807) is 0 Å². The van der Waals surface area contributed by atoms with Crippen LogP contribution in [0.3, 0.4) is 0 Å². The average molecular weight is 362 g/mol. The lowest BCUT2D eigenvalue weighted by Crippen LogP contribution is -2.06. The summed E-state index contributed by atoms with van der Waals surface area (Å²) in [5.74, 6) is -1.27. The number of halogens is 6. The topological polar surface area (TPSA) is 17.1 Å². The number of benzene rings is 1. The van der Waals surface area contributed by atoms with Gasteiger partial charge in [0.2, 0.25) is 0 Å². The fourth-order valence-electron chi connectivity index (χ4n) is 1.90. The molecule has 0 aliphatic heterocycles. The van der Waals surface area contributed by atoms with Crippen LogP contribution in [-0.2, 0) is 11.0 Å². The van der Waals surface area contributed by atoms with Gasteiger partial charge in [0, 0.05) is 10.4 Å². The molecule has 0 heterocycles. The minimum atomic E-state index is -4.45. The highest BCUT2D eigenvalue weighted by Crippen LogP contribution is 2.64. The number of rotatable bonds is 2. The Bertz CT molecular complexity index is 502. The zero-order valence-electron chi connectivity index (χ0n) is 8.64. The van der Waals surface area contributed by atoms with Crippen LogP contribution in [0.2, 0.25) is 0 Å². The van der Waals surface area contributed by atoms with Crippen molar-refractivity contribution < 1.29 is 18.0 Å². The van der Waals surface area contributed by atoms with Crippen LogP contribution in [0.5, 0.6) is 0 Å². The first kappa shape index (κ1) is 14.2. The summed E-state index contributed by atoms with van der Waals surface area (Å²) in [6.45, 7) is 0. The van der Waals surface area contributed by atoms with Crippen LogP contribution in [0.15, 0.2) is 22.7 Å². The summed E-state index contributed by atoms with van der Waals surface area (Å²) in [5.41, 5.74) is -0.494. The van der Waals surface area contributed by atoms with Crippen molar-refractivity contribution in [1.82, 2.24) is 0 Å². The van der Waals surface area contributed by atoms with Gasteiger partial charge in [-0.2, -0.15) is 13.2 Å². The van der Waals surface area contributed by atoms with Crippen LogP contribution in [0.25, 0.3) is 0 Å². The molecule has 0 N–H and O–H groups in total. The molecular weight excluding hydrogens is 356 g/mol. The molecule has 18 heavy (non-hydrogen) atoms. The first-order valence-corrected chi connectivity index (χ1v) is 6.43. The first-order chi connectivity index (χ1) is 8.17. The third-order valence-corrected chi connectivity index (χ3v) is 4.29. The molecule has 0 saturated heterocycles. The molecule has 2 atom stereocenters. The van der Waals surface area contributed by atoms with Crippen molar-refractivity contribution in [3.8, 4) is 0 Å². The lowest BCUT2D eigenvalue weighted by molar-refractivity contribution is -0.137. The van der Waals surface area contributed by atoms with E-state index in [1.165, 1.54) is 6.07 Å². The molecule has 1 aliphatic rings. The van der Waals surface area contributed by atoms with Crippen molar-refractivity contribution in [3.63, 3.8) is 0 Å².